The summed E-state index contributed by atoms with van der Waals surface area (Å²) in [6.45, 7) is 7.67. The van der Waals surface area contributed by atoms with Crippen molar-refractivity contribution >= 4 is 11.8 Å². The number of hydrogen-bond acceptors (Lipinski definition) is 4. The van der Waals surface area contributed by atoms with E-state index in [2.05, 4.69) is 55.7 Å². The number of nitrogens with one attached hydrogen (secondary N) is 2. The first-order valence-electron chi connectivity index (χ1n) is 13.3. The second kappa shape index (κ2) is 15.2. The zero-order chi connectivity index (χ0) is 24.9. The SMILES string of the molecule is CC(C)c1cccc(CNC[C@@H](O)[C@@H]2C[C@H](C)CCCCCCCCC(=O)N(C)CC(=O)N2)c1. The maximum absolute atomic E-state index is 12.7. The average Bonchev–Trinajstić information content (AvgIpc) is 2.79. The van der Waals surface area contributed by atoms with Gasteiger partial charge in [-0.1, -0.05) is 83.6 Å². The smallest absolute Gasteiger partial charge is 0.239 e. The molecule has 192 valence electrons. The van der Waals surface area contributed by atoms with E-state index in [-0.39, 0.29) is 24.4 Å². The maximum atomic E-state index is 12.7. The van der Waals surface area contributed by atoms with Crippen molar-refractivity contribution in [3.63, 3.8) is 0 Å². The highest BCUT2D eigenvalue weighted by Crippen LogP contribution is 2.19. The fourth-order valence-corrected chi connectivity index (χ4v) is 4.66. The van der Waals surface area contributed by atoms with Crippen LogP contribution in [-0.2, 0) is 16.1 Å². The molecule has 1 fully saturated rings. The van der Waals surface area contributed by atoms with Crippen LogP contribution < -0.4 is 10.6 Å². The molecule has 0 unspecified atom stereocenters. The molecular weight excluding hydrogens is 426 g/mol. The molecule has 3 atom stereocenters. The topological polar surface area (TPSA) is 81.7 Å². The lowest BCUT2D eigenvalue weighted by molar-refractivity contribution is -0.135. The molecule has 6 nitrogen and oxygen atoms in total. The van der Waals surface area contributed by atoms with E-state index in [0.29, 0.717) is 31.3 Å². The fraction of sp³-hybridized carbons (Fsp3) is 0.714. The number of aliphatic hydroxyl groups excluding tert-OH is 1. The summed E-state index contributed by atoms with van der Waals surface area (Å²) in [5, 5.41) is 17.4. The Morgan fingerprint density at radius 2 is 1.82 bits per heavy atom. The van der Waals surface area contributed by atoms with Crippen LogP contribution in [0.15, 0.2) is 24.3 Å². The van der Waals surface area contributed by atoms with Gasteiger partial charge in [0, 0.05) is 26.6 Å². The fourth-order valence-electron chi connectivity index (χ4n) is 4.66. The average molecular weight is 474 g/mol. The van der Waals surface area contributed by atoms with E-state index in [9.17, 15) is 14.7 Å². The van der Waals surface area contributed by atoms with Gasteiger partial charge in [-0.25, -0.2) is 0 Å². The van der Waals surface area contributed by atoms with Crippen molar-refractivity contribution < 1.29 is 14.7 Å². The lowest BCUT2D eigenvalue weighted by atomic mass is 9.92. The van der Waals surface area contributed by atoms with Crippen molar-refractivity contribution in [2.45, 2.75) is 103 Å². The van der Waals surface area contributed by atoms with Crippen LogP contribution in [-0.4, -0.2) is 54.1 Å². The van der Waals surface area contributed by atoms with Crippen LogP contribution in [0, 0.1) is 5.92 Å². The van der Waals surface area contributed by atoms with E-state index in [1.54, 1.807) is 7.05 Å². The van der Waals surface area contributed by atoms with Crippen molar-refractivity contribution in [3.05, 3.63) is 35.4 Å². The minimum atomic E-state index is -0.695. The number of carbonyl (C=O) groups is 2. The number of aliphatic hydroxyl groups is 1. The first kappa shape index (κ1) is 28.3. The van der Waals surface area contributed by atoms with Crippen LogP contribution in [0.25, 0.3) is 0 Å². The summed E-state index contributed by atoms with van der Waals surface area (Å²) < 4.78 is 0. The van der Waals surface area contributed by atoms with Crippen molar-refractivity contribution in [1.29, 1.82) is 0 Å². The molecule has 1 heterocycles. The van der Waals surface area contributed by atoms with Gasteiger partial charge in [-0.15, -0.1) is 0 Å². The molecule has 3 N–H and O–H groups in total. The van der Waals surface area contributed by atoms with Crippen LogP contribution in [0.3, 0.4) is 0 Å². The lowest BCUT2D eigenvalue weighted by Gasteiger charge is -2.28. The number of hydrogen-bond donors (Lipinski definition) is 3. The van der Waals surface area contributed by atoms with Crippen molar-refractivity contribution in [3.8, 4) is 0 Å². The molecule has 1 saturated heterocycles. The summed E-state index contributed by atoms with van der Waals surface area (Å²) in [7, 11) is 1.69. The van der Waals surface area contributed by atoms with Gasteiger partial charge >= 0.3 is 0 Å². The van der Waals surface area contributed by atoms with Crippen LogP contribution in [0.2, 0.25) is 0 Å². The number of likely N-dealkylation sites (N-methyl/N-ethyl adjacent to an activating group) is 1. The minimum Gasteiger partial charge on any atom is -0.390 e. The maximum Gasteiger partial charge on any atom is 0.239 e. The molecule has 0 radical (unpaired) electrons. The Labute approximate surface area is 206 Å². The Morgan fingerprint density at radius 1 is 1.12 bits per heavy atom. The molecule has 6 heteroatoms. The highest BCUT2D eigenvalue weighted by molar-refractivity contribution is 5.84. The third-order valence-corrected chi connectivity index (χ3v) is 6.91. The zero-order valence-corrected chi connectivity index (χ0v) is 21.8. The Morgan fingerprint density at radius 3 is 2.56 bits per heavy atom. The number of amides is 2. The largest absolute Gasteiger partial charge is 0.390 e. The summed E-state index contributed by atoms with van der Waals surface area (Å²) in [5.74, 6) is 0.697. The Hall–Kier alpha value is -1.92. The minimum absolute atomic E-state index is 0.0120. The number of carbonyl (C=O) groups excluding carboxylic acids is 2. The zero-order valence-electron chi connectivity index (χ0n) is 21.8. The molecule has 0 saturated carbocycles. The van der Waals surface area contributed by atoms with Gasteiger partial charge in [0.25, 0.3) is 0 Å². The second-order valence-electron chi connectivity index (χ2n) is 10.5. The molecule has 0 bridgehead atoms. The molecule has 1 aromatic rings. The predicted octanol–water partition coefficient (Wildman–Crippen LogP) is 4.36. The number of benzene rings is 1. The molecule has 1 aliphatic heterocycles. The van der Waals surface area contributed by atoms with Gasteiger partial charge in [-0.05, 0) is 35.8 Å². The van der Waals surface area contributed by atoms with Crippen LogP contribution in [0.4, 0.5) is 0 Å². The molecule has 2 amide bonds. The Balaban J connectivity index is 1.97. The van der Waals surface area contributed by atoms with Gasteiger partial charge in [0.2, 0.25) is 11.8 Å². The van der Waals surface area contributed by atoms with Crippen molar-refractivity contribution in [2.75, 3.05) is 20.1 Å². The van der Waals surface area contributed by atoms with E-state index < -0.39 is 6.10 Å². The third-order valence-electron chi connectivity index (χ3n) is 6.91. The van der Waals surface area contributed by atoms with Gasteiger partial charge in [0.05, 0.1) is 18.7 Å². The normalized spacial score (nSPS) is 23.1. The highest BCUT2D eigenvalue weighted by Gasteiger charge is 2.24. The molecule has 2 rings (SSSR count). The summed E-state index contributed by atoms with van der Waals surface area (Å²) in [6.07, 6.45) is 8.34. The van der Waals surface area contributed by atoms with Crippen LogP contribution >= 0.6 is 0 Å². The second-order valence-corrected chi connectivity index (χ2v) is 10.5. The highest BCUT2D eigenvalue weighted by atomic mass is 16.3. The number of nitrogens with zero attached hydrogens (tertiary/aromatic N) is 1. The Bertz CT molecular complexity index is 752. The van der Waals surface area contributed by atoms with Crippen molar-refractivity contribution in [2.24, 2.45) is 5.92 Å². The summed E-state index contributed by atoms with van der Waals surface area (Å²) >= 11 is 0. The van der Waals surface area contributed by atoms with Crippen LogP contribution in [0.5, 0.6) is 0 Å². The molecular formula is C28H47N3O3. The molecule has 34 heavy (non-hydrogen) atoms. The first-order chi connectivity index (χ1) is 16.3. The van der Waals surface area contributed by atoms with Crippen LogP contribution in [0.1, 0.15) is 95.6 Å². The standard InChI is InChI=1S/C28H47N3O3/c1-21(2)24-14-11-13-23(17-24)18-29-19-26(32)25-16-22(3)12-9-7-5-6-8-10-15-28(34)31(4)20-27(33)30-25/h11,13-14,17,21-22,25-26,29,32H,5-10,12,15-16,18-20H2,1-4H3,(H,30,33)/t22-,25+,26-/m1/s1. The van der Waals surface area contributed by atoms with Crippen molar-refractivity contribution in [1.82, 2.24) is 15.5 Å². The van der Waals surface area contributed by atoms with E-state index in [4.69, 9.17) is 0 Å². The summed E-state index contributed by atoms with van der Waals surface area (Å²) in [5.41, 5.74) is 2.49. The van der Waals surface area contributed by atoms with E-state index in [1.165, 1.54) is 41.7 Å². The van der Waals surface area contributed by atoms with E-state index in [0.717, 1.165) is 25.7 Å². The van der Waals surface area contributed by atoms with Gasteiger partial charge in [-0.2, -0.15) is 0 Å². The molecule has 0 aliphatic carbocycles. The first-order valence-corrected chi connectivity index (χ1v) is 13.3. The monoisotopic (exact) mass is 473 g/mol. The van der Waals surface area contributed by atoms with Gasteiger partial charge < -0.3 is 20.6 Å². The van der Waals surface area contributed by atoms with Gasteiger partial charge in [-0.3, -0.25) is 9.59 Å². The molecule has 1 aromatic carbocycles. The summed E-state index contributed by atoms with van der Waals surface area (Å²) in [4.78, 5) is 26.6. The van der Waals surface area contributed by atoms with Gasteiger partial charge in [0.1, 0.15) is 0 Å². The molecule has 1 aliphatic rings. The summed E-state index contributed by atoms with van der Waals surface area (Å²) in [6, 6.07) is 8.17. The van der Waals surface area contributed by atoms with E-state index in [1.807, 2.05) is 0 Å². The molecule has 0 aromatic heterocycles. The van der Waals surface area contributed by atoms with Gasteiger partial charge in [0.15, 0.2) is 0 Å². The Kier molecular flexibility index (Phi) is 12.6. The predicted molar refractivity (Wildman–Crippen MR) is 139 cm³/mol. The molecule has 0 spiro atoms. The lowest BCUT2D eigenvalue weighted by Crippen LogP contribution is -2.50. The third kappa shape index (κ3) is 10.6. The quantitative estimate of drug-likeness (QED) is 0.573. The number of rotatable bonds is 6. The van der Waals surface area contributed by atoms with E-state index >= 15 is 0 Å².